The highest BCUT2D eigenvalue weighted by molar-refractivity contribution is 6.42. The minimum absolute atomic E-state index is 0.129. The average molecular weight is 436 g/mol. The second-order valence-electron chi connectivity index (χ2n) is 7.45. The van der Waals surface area contributed by atoms with Gasteiger partial charge in [-0.3, -0.25) is 4.79 Å². The molecule has 0 unspecified atom stereocenters. The zero-order chi connectivity index (χ0) is 21.6. The number of nitrogens with one attached hydrogen (secondary N) is 2. The van der Waals surface area contributed by atoms with Crippen molar-refractivity contribution in [3.8, 4) is 0 Å². The summed E-state index contributed by atoms with van der Waals surface area (Å²) in [4.78, 5) is 26.8. The molecule has 3 amide bonds. The molecule has 156 valence electrons. The van der Waals surface area contributed by atoms with Gasteiger partial charge in [-0.2, -0.15) is 0 Å². The van der Waals surface area contributed by atoms with Crippen molar-refractivity contribution in [3.63, 3.8) is 0 Å². The summed E-state index contributed by atoms with van der Waals surface area (Å²) < 4.78 is 0. The third-order valence-electron chi connectivity index (χ3n) is 4.67. The third kappa shape index (κ3) is 6.38. The van der Waals surface area contributed by atoms with Gasteiger partial charge in [-0.15, -0.1) is 0 Å². The molecule has 0 saturated heterocycles. The number of carbonyl (C=O) groups is 2. The number of amides is 3. The quantitative estimate of drug-likeness (QED) is 0.553. The Hall–Kier alpha value is -2.24. The Labute approximate surface area is 182 Å². The van der Waals surface area contributed by atoms with E-state index in [0.29, 0.717) is 40.9 Å². The van der Waals surface area contributed by atoms with Gasteiger partial charge < -0.3 is 15.5 Å². The summed E-state index contributed by atoms with van der Waals surface area (Å²) in [6, 6.07) is 12.3. The van der Waals surface area contributed by atoms with Crippen LogP contribution in [-0.2, 0) is 11.2 Å². The standard InChI is InChI=1S/C22H27Cl2N3O2/c1-5-27(6-2)21(29)26-17-9-7-8-16(13-17)25-20(28)22(3,4)14-15-10-11-18(23)19(24)12-15/h7-13H,5-6,14H2,1-4H3,(H,25,28)(H,26,29). The Morgan fingerprint density at radius 3 is 2.14 bits per heavy atom. The minimum atomic E-state index is -0.669. The molecule has 0 aliphatic carbocycles. The number of hydrogen-bond acceptors (Lipinski definition) is 2. The number of nitrogens with zero attached hydrogens (tertiary/aromatic N) is 1. The number of hydrogen-bond donors (Lipinski definition) is 2. The number of carbonyl (C=O) groups excluding carboxylic acids is 2. The summed E-state index contributed by atoms with van der Waals surface area (Å²) in [6.07, 6.45) is 0.508. The molecule has 0 bridgehead atoms. The number of urea groups is 1. The highest BCUT2D eigenvalue weighted by atomic mass is 35.5. The maximum atomic E-state index is 12.9. The van der Waals surface area contributed by atoms with Crippen LogP contribution in [0.15, 0.2) is 42.5 Å². The maximum absolute atomic E-state index is 12.9. The van der Waals surface area contributed by atoms with Crippen LogP contribution < -0.4 is 10.6 Å². The van der Waals surface area contributed by atoms with E-state index in [1.54, 1.807) is 41.3 Å². The van der Waals surface area contributed by atoms with Crippen LogP contribution in [0, 0.1) is 5.41 Å². The fourth-order valence-corrected chi connectivity index (χ4v) is 3.25. The Morgan fingerprint density at radius 2 is 1.55 bits per heavy atom. The van der Waals surface area contributed by atoms with Gasteiger partial charge >= 0.3 is 6.03 Å². The molecule has 2 aromatic carbocycles. The summed E-state index contributed by atoms with van der Waals surface area (Å²) in [7, 11) is 0. The molecule has 0 saturated carbocycles. The van der Waals surface area contributed by atoms with Crippen LogP contribution in [0.5, 0.6) is 0 Å². The monoisotopic (exact) mass is 435 g/mol. The predicted molar refractivity (Wildman–Crippen MR) is 121 cm³/mol. The Balaban J connectivity index is 2.07. The molecule has 2 rings (SSSR count). The van der Waals surface area contributed by atoms with Gasteiger partial charge in [-0.1, -0.05) is 49.2 Å². The van der Waals surface area contributed by atoms with Crippen molar-refractivity contribution < 1.29 is 9.59 Å². The Kier molecular flexibility index (Phi) is 7.94. The lowest BCUT2D eigenvalue weighted by Gasteiger charge is -2.24. The lowest BCUT2D eigenvalue weighted by molar-refractivity contribution is -0.123. The first kappa shape index (κ1) is 23.0. The van der Waals surface area contributed by atoms with Crippen molar-refractivity contribution in [3.05, 3.63) is 58.1 Å². The van der Waals surface area contributed by atoms with Gasteiger partial charge in [0, 0.05) is 29.9 Å². The smallest absolute Gasteiger partial charge is 0.321 e. The number of halogens is 2. The summed E-state index contributed by atoms with van der Waals surface area (Å²) in [5, 5.41) is 6.75. The van der Waals surface area contributed by atoms with Crippen LogP contribution in [0.25, 0.3) is 0 Å². The third-order valence-corrected chi connectivity index (χ3v) is 5.41. The van der Waals surface area contributed by atoms with Crippen molar-refractivity contribution in [2.75, 3.05) is 23.7 Å². The largest absolute Gasteiger partial charge is 0.326 e. The molecule has 0 radical (unpaired) electrons. The van der Waals surface area contributed by atoms with Gasteiger partial charge in [-0.25, -0.2) is 4.79 Å². The molecule has 29 heavy (non-hydrogen) atoms. The summed E-state index contributed by atoms with van der Waals surface area (Å²) >= 11 is 12.1. The van der Waals surface area contributed by atoms with Crippen molar-refractivity contribution >= 4 is 46.5 Å². The Bertz CT molecular complexity index is 880. The molecule has 7 heteroatoms. The normalized spacial score (nSPS) is 11.1. The van der Waals surface area contributed by atoms with Crippen molar-refractivity contribution in [2.24, 2.45) is 5.41 Å². The van der Waals surface area contributed by atoms with Gasteiger partial charge in [0.2, 0.25) is 5.91 Å². The zero-order valence-corrected chi connectivity index (χ0v) is 18.7. The lowest BCUT2D eigenvalue weighted by atomic mass is 9.84. The van der Waals surface area contributed by atoms with E-state index in [4.69, 9.17) is 23.2 Å². The first-order valence-corrected chi connectivity index (χ1v) is 10.3. The predicted octanol–water partition coefficient (Wildman–Crippen LogP) is 6.07. The molecular weight excluding hydrogens is 409 g/mol. The van der Waals surface area contributed by atoms with E-state index in [-0.39, 0.29) is 11.9 Å². The topological polar surface area (TPSA) is 61.4 Å². The van der Waals surface area contributed by atoms with Crippen molar-refractivity contribution in [2.45, 2.75) is 34.1 Å². The fourth-order valence-electron chi connectivity index (χ4n) is 2.93. The van der Waals surface area contributed by atoms with Crippen LogP contribution in [0.1, 0.15) is 33.3 Å². The molecule has 0 aromatic heterocycles. The van der Waals surface area contributed by atoms with E-state index >= 15 is 0 Å². The van der Waals surface area contributed by atoms with Gasteiger partial charge in [0.1, 0.15) is 0 Å². The maximum Gasteiger partial charge on any atom is 0.321 e. The van der Waals surface area contributed by atoms with Crippen molar-refractivity contribution in [1.82, 2.24) is 4.90 Å². The average Bonchev–Trinajstić information content (AvgIpc) is 2.65. The minimum Gasteiger partial charge on any atom is -0.326 e. The highest BCUT2D eigenvalue weighted by Gasteiger charge is 2.28. The van der Waals surface area contributed by atoms with Gasteiger partial charge in [0.25, 0.3) is 0 Å². The van der Waals surface area contributed by atoms with E-state index in [2.05, 4.69) is 10.6 Å². The molecular formula is C22H27Cl2N3O2. The zero-order valence-electron chi connectivity index (χ0n) is 17.2. The number of anilines is 2. The van der Waals surface area contributed by atoms with Gasteiger partial charge in [-0.05, 0) is 56.2 Å². The van der Waals surface area contributed by atoms with E-state index in [1.165, 1.54) is 0 Å². The van der Waals surface area contributed by atoms with Crippen LogP contribution in [0.4, 0.5) is 16.2 Å². The van der Waals surface area contributed by atoms with Crippen molar-refractivity contribution in [1.29, 1.82) is 0 Å². The summed E-state index contributed by atoms with van der Waals surface area (Å²) in [5.74, 6) is -0.129. The van der Waals surface area contributed by atoms with Crippen LogP contribution in [-0.4, -0.2) is 29.9 Å². The molecule has 0 fully saturated rings. The SMILES string of the molecule is CCN(CC)C(=O)Nc1cccc(NC(=O)C(C)(C)Cc2ccc(Cl)c(Cl)c2)c1. The van der Waals surface area contributed by atoms with Crippen LogP contribution in [0.2, 0.25) is 10.0 Å². The fraction of sp³-hybridized carbons (Fsp3) is 0.364. The second kappa shape index (κ2) is 9.99. The molecule has 0 spiro atoms. The van der Waals surface area contributed by atoms with Gasteiger partial charge in [0.15, 0.2) is 0 Å². The highest BCUT2D eigenvalue weighted by Crippen LogP contribution is 2.29. The Morgan fingerprint density at radius 1 is 0.931 bits per heavy atom. The van der Waals surface area contributed by atoms with Gasteiger partial charge in [0.05, 0.1) is 10.0 Å². The van der Waals surface area contributed by atoms with E-state index < -0.39 is 5.41 Å². The number of rotatable bonds is 7. The summed E-state index contributed by atoms with van der Waals surface area (Å²) in [6.45, 7) is 8.85. The first-order chi connectivity index (χ1) is 13.7. The first-order valence-electron chi connectivity index (χ1n) is 9.57. The number of benzene rings is 2. The molecule has 0 atom stereocenters. The van der Waals surface area contributed by atoms with E-state index in [1.807, 2.05) is 33.8 Å². The van der Waals surface area contributed by atoms with Crippen LogP contribution >= 0.6 is 23.2 Å². The molecule has 5 nitrogen and oxygen atoms in total. The van der Waals surface area contributed by atoms with E-state index in [0.717, 1.165) is 5.56 Å². The van der Waals surface area contributed by atoms with Crippen LogP contribution in [0.3, 0.4) is 0 Å². The molecule has 2 N–H and O–H groups in total. The second-order valence-corrected chi connectivity index (χ2v) is 8.26. The molecule has 0 aliphatic heterocycles. The molecule has 2 aromatic rings. The van der Waals surface area contributed by atoms with E-state index in [9.17, 15) is 9.59 Å². The summed E-state index contributed by atoms with van der Waals surface area (Å²) in [5.41, 5.74) is 1.51. The molecule has 0 aliphatic rings. The molecule has 0 heterocycles. The lowest BCUT2D eigenvalue weighted by Crippen LogP contribution is -2.34.